The lowest BCUT2D eigenvalue weighted by Crippen LogP contribution is -2.27. The van der Waals surface area contributed by atoms with Crippen LogP contribution in [0.25, 0.3) is 0 Å². The Bertz CT molecular complexity index is 187. The Balaban J connectivity index is 4.45. The summed E-state index contributed by atoms with van der Waals surface area (Å²) < 4.78 is 11.0. The number of hydrogen-bond acceptors (Lipinski definition) is 2. The molecule has 0 rings (SSSR count). The summed E-state index contributed by atoms with van der Waals surface area (Å²) in [5.41, 5.74) is 2.16. The first-order valence-corrected chi connectivity index (χ1v) is 11.6. The third-order valence-corrected chi connectivity index (χ3v) is 3.07. The van der Waals surface area contributed by atoms with E-state index in [-0.39, 0.29) is 0 Å². The third-order valence-electron chi connectivity index (χ3n) is 1.16. The van der Waals surface area contributed by atoms with Crippen LogP contribution in [-0.2, 0) is 9.16 Å². The molecule has 0 heterocycles. The minimum atomic E-state index is -1.51. The molecule has 0 radical (unpaired) electrons. The third kappa shape index (κ3) is 8.11. The Kier molecular flexibility index (Phi) is 4.25. The molecule has 78 valence electrons. The second-order valence-electron chi connectivity index (χ2n) is 5.25. The van der Waals surface area contributed by atoms with E-state index in [0.717, 1.165) is 5.95 Å². The number of rotatable bonds is 4. The van der Waals surface area contributed by atoms with Gasteiger partial charge >= 0.3 is 0 Å². The van der Waals surface area contributed by atoms with Crippen LogP contribution in [-0.4, -0.2) is 23.5 Å². The SMILES string of the molecule is COC(=C[Si](C)(C)C)O[Si](C)(C)C. The van der Waals surface area contributed by atoms with Crippen molar-refractivity contribution < 1.29 is 9.16 Å². The van der Waals surface area contributed by atoms with E-state index in [1.54, 1.807) is 7.11 Å². The van der Waals surface area contributed by atoms with Crippen molar-refractivity contribution in [2.45, 2.75) is 39.3 Å². The zero-order valence-corrected chi connectivity index (χ0v) is 11.9. The van der Waals surface area contributed by atoms with Gasteiger partial charge in [0.15, 0.2) is 0 Å². The normalized spacial score (nSPS) is 14.2. The Labute approximate surface area is 84.1 Å². The van der Waals surface area contributed by atoms with Crippen molar-refractivity contribution in [2.75, 3.05) is 7.11 Å². The summed E-state index contributed by atoms with van der Waals surface area (Å²) in [6, 6.07) is 0. The highest BCUT2D eigenvalue weighted by atomic mass is 28.4. The Morgan fingerprint density at radius 1 is 1.00 bits per heavy atom. The summed E-state index contributed by atoms with van der Waals surface area (Å²) in [5.74, 6) is 0.721. The molecule has 0 fully saturated rings. The lowest BCUT2D eigenvalue weighted by Gasteiger charge is -2.22. The van der Waals surface area contributed by atoms with Crippen molar-refractivity contribution in [3.05, 3.63) is 11.6 Å². The molecular formula is C9H22O2Si2. The van der Waals surface area contributed by atoms with Crippen molar-refractivity contribution >= 4 is 16.4 Å². The predicted octanol–water partition coefficient (Wildman–Crippen LogP) is 3.20. The van der Waals surface area contributed by atoms with E-state index in [2.05, 4.69) is 45.0 Å². The molecule has 0 aliphatic rings. The average Bonchev–Trinajstić information content (AvgIpc) is 1.79. The summed E-state index contributed by atoms with van der Waals surface area (Å²) in [6.45, 7) is 13.3. The monoisotopic (exact) mass is 218 g/mol. The summed E-state index contributed by atoms with van der Waals surface area (Å²) in [4.78, 5) is 0. The van der Waals surface area contributed by atoms with Gasteiger partial charge < -0.3 is 9.16 Å². The van der Waals surface area contributed by atoms with Crippen LogP contribution >= 0.6 is 0 Å². The summed E-state index contributed by atoms with van der Waals surface area (Å²) in [7, 11) is -1.07. The average molecular weight is 218 g/mol. The molecule has 0 aromatic carbocycles. The quantitative estimate of drug-likeness (QED) is 0.533. The van der Waals surface area contributed by atoms with E-state index < -0.39 is 16.4 Å². The Morgan fingerprint density at radius 3 is 1.69 bits per heavy atom. The lowest BCUT2D eigenvalue weighted by atomic mass is 11.0. The minimum Gasteiger partial charge on any atom is -0.520 e. The van der Waals surface area contributed by atoms with Gasteiger partial charge in [-0.1, -0.05) is 19.6 Å². The molecule has 0 aromatic rings. The van der Waals surface area contributed by atoms with Crippen LogP contribution in [0.5, 0.6) is 0 Å². The molecule has 0 atom stereocenters. The topological polar surface area (TPSA) is 18.5 Å². The van der Waals surface area contributed by atoms with Gasteiger partial charge in [0.1, 0.15) is 0 Å². The highest BCUT2D eigenvalue weighted by Crippen LogP contribution is 2.14. The smallest absolute Gasteiger partial charge is 0.256 e. The molecule has 13 heavy (non-hydrogen) atoms. The van der Waals surface area contributed by atoms with Crippen molar-refractivity contribution in [1.82, 2.24) is 0 Å². The number of ether oxygens (including phenoxy) is 1. The molecule has 0 spiro atoms. The fourth-order valence-corrected chi connectivity index (χ4v) is 2.53. The van der Waals surface area contributed by atoms with Gasteiger partial charge in [0.05, 0.1) is 15.2 Å². The second kappa shape index (κ2) is 4.33. The molecule has 0 aliphatic carbocycles. The molecule has 0 bridgehead atoms. The van der Waals surface area contributed by atoms with Crippen molar-refractivity contribution in [2.24, 2.45) is 0 Å². The van der Waals surface area contributed by atoms with Crippen molar-refractivity contribution in [3.63, 3.8) is 0 Å². The minimum absolute atomic E-state index is 0.721. The second-order valence-corrected chi connectivity index (χ2v) is 14.7. The molecular weight excluding hydrogens is 196 g/mol. The van der Waals surface area contributed by atoms with Gasteiger partial charge in [-0.25, -0.2) is 0 Å². The van der Waals surface area contributed by atoms with Gasteiger partial charge in [-0.3, -0.25) is 0 Å². The van der Waals surface area contributed by atoms with E-state index in [0.29, 0.717) is 0 Å². The van der Waals surface area contributed by atoms with E-state index in [9.17, 15) is 0 Å². The number of methoxy groups -OCH3 is 1. The molecule has 2 nitrogen and oxygen atoms in total. The molecule has 0 aliphatic heterocycles. The van der Waals surface area contributed by atoms with Crippen LogP contribution in [0.15, 0.2) is 11.6 Å². The molecule has 0 unspecified atom stereocenters. The molecule has 4 heteroatoms. The van der Waals surface area contributed by atoms with Gasteiger partial charge in [0, 0.05) is 0 Å². The Hall–Kier alpha value is -0.226. The van der Waals surface area contributed by atoms with Crippen LogP contribution in [0.4, 0.5) is 0 Å². The maximum absolute atomic E-state index is 5.78. The zero-order chi connectivity index (χ0) is 10.7. The standard InChI is InChI=1S/C9H22O2Si2/c1-10-9(8-12(2,3)4)11-13(5,6)7/h8H,1-7H3. The first-order chi connectivity index (χ1) is 5.64. The maximum atomic E-state index is 5.78. The van der Waals surface area contributed by atoms with Crippen molar-refractivity contribution in [3.8, 4) is 0 Å². The largest absolute Gasteiger partial charge is 0.520 e. The Morgan fingerprint density at radius 2 is 1.46 bits per heavy atom. The van der Waals surface area contributed by atoms with Crippen LogP contribution in [0, 0.1) is 0 Å². The molecule has 0 saturated heterocycles. The summed E-state index contributed by atoms with van der Waals surface area (Å²) in [5, 5.41) is 0. The lowest BCUT2D eigenvalue weighted by molar-refractivity contribution is 0.148. The molecule has 0 N–H and O–H groups in total. The van der Waals surface area contributed by atoms with E-state index in [1.807, 2.05) is 0 Å². The summed E-state index contributed by atoms with van der Waals surface area (Å²) >= 11 is 0. The molecule has 0 saturated carbocycles. The van der Waals surface area contributed by atoms with Gasteiger partial charge in [-0.15, -0.1) is 0 Å². The predicted molar refractivity (Wildman–Crippen MR) is 62.9 cm³/mol. The first-order valence-electron chi connectivity index (χ1n) is 4.60. The first kappa shape index (κ1) is 12.8. The maximum Gasteiger partial charge on any atom is 0.256 e. The van der Waals surface area contributed by atoms with Gasteiger partial charge in [0.2, 0.25) is 8.32 Å². The van der Waals surface area contributed by atoms with Gasteiger partial charge in [0.25, 0.3) is 5.95 Å². The number of hydrogen-bond donors (Lipinski definition) is 0. The van der Waals surface area contributed by atoms with Crippen LogP contribution < -0.4 is 0 Å². The van der Waals surface area contributed by atoms with Crippen LogP contribution in [0.1, 0.15) is 0 Å². The highest BCUT2D eigenvalue weighted by Gasteiger charge is 2.20. The fraction of sp³-hybridized carbons (Fsp3) is 0.778. The van der Waals surface area contributed by atoms with Crippen LogP contribution in [0.2, 0.25) is 39.3 Å². The van der Waals surface area contributed by atoms with Gasteiger partial charge in [-0.05, 0) is 25.3 Å². The van der Waals surface area contributed by atoms with Gasteiger partial charge in [-0.2, -0.15) is 0 Å². The molecule has 0 aromatic heterocycles. The van der Waals surface area contributed by atoms with Crippen molar-refractivity contribution in [1.29, 1.82) is 0 Å². The van der Waals surface area contributed by atoms with E-state index in [4.69, 9.17) is 9.16 Å². The summed E-state index contributed by atoms with van der Waals surface area (Å²) in [6.07, 6.45) is 0. The zero-order valence-electron chi connectivity index (χ0n) is 9.89. The van der Waals surface area contributed by atoms with Crippen LogP contribution in [0.3, 0.4) is 0 Å². The highest BCUT2D eigenvalue weighted by molar-refractivity contribution is 6.81. The fourth-order valence-electron chi connectivity index (χ4n) is 0.785. The molecule has 0 amide bonds. The van der Waals surface area contributed by atoms with E-state index >= 15 is 0 Å². The van der Waals surface area contributed by atoms with E-state index in [1.165, 1.54) is 0 Å².